The van der Waals surface area contributed by atoms with E-state index < -0.39 is 0 Å². The highest BCUT2D eigenvalue weighted by atomic mass is 32.1. The van der Waals surface area contributed by atoms with Crippen molar-refractivity contribution in [1.82, 2.24) is 0 Å². The third kappa shape index (κ3) is 4.25. The first-order valence-corrected chi connectivity index (χ1v) is 9.62. The first-order chi connectivity index (χ1) is 12.6. The third-order valence-electron chi connectivity index (χ3n) is 4.37. The largest absolute Gasteiger partial charge is 0.494 e. The second-order valence-electron chi connectivity index (χ2n) is 6.37. The van der Waals surface area contributed by atoms with E-state index in [4.69, 9.17) is 9.47 Å². The quantitative estimate of drug-likeness (QED) is 0.585. The summed E-state index contributed by atoms with van der Waals surface area (Å²) in [5, 5.41) is 3.50. The van der Waals surface area contributed by atoms with Gasteiger partial charge in [-0.1, -0.05) is 12.1 Å². The van der Waals surface area contributed by atoms with Gasteiger partial charge in [-0.25, -0.2) is 4.79 Å². The fourth-order valence-electron chi connectivity index (χ4n) is 3.13. The molecule has 1 aromatic heterocycles. The molecule has 2 aromatic rings. The highest BCUT2D eigenvalue weighted by molar-refractivity contribution is 7.17. The third-order valence-corrected chi connectivity index (χ3v) is 5.58. The van der Waals surface area contributed by atoms with Gasteiger partial charge in [0, 0.05) is 11.3 Å². The van der Waals surface area contributed by atoms with Gasteiger partial charge in [-0.05, 0) is 55.9 Å². The van der Waals surface area contributed by atoms with Crippen LogP contribution in [0.4, 0.5) is 5.00 Å². The zero-order valence-corrected chi connectivity index (χ0v) is 15.9. The SMILES string of the molecule is COC(=O)c1c(NC(=O)CCCOc2cccc(C)c2)sc2c1CCC2. The average molecular weight is 373 g/mol. The van der Waals surface area contributed by atoms with Crippen molar-refractivity contribution in [3.63, 3.8) is 0 Å². The second-order valence-corrected chi connectivity index (χ2v) is 7.47. The van der Waals surface area contributed by atoms with Crippen molar-refractivity contribution in [2.75, 3.05) is 19.0 Å². The lowest BCUT2D eigenvalue weighted by Crippen LogP contribution is -2.15. The summed E-state index contributed by atoms with van der Waals surface area (Å²) in [6, 6.07) is 7.83. The van der Waals surface area contributed by atoms with Gasteiger partial charge >= 0.3 is 5.97 Å². The molecule has 0 atom stereocenters. The predicted molar refractivity (Wildman–Crippen MR) is 102 cm³/mol. The maximum absolute atomic E-state index is 12.3. The predicted octanol–water partition coefficient (Wildman–Crippen LogP) is 4.13. The molecular formula is C20H23NO4S. The lowest BCUT2D eigenvalue weighted by molar-refractivity contribution is -0.116. The van der Waals surface area contributed by atoms with Crippen LogP contribution in [-0.2, 0) is 22.4 Å². The van der Waals surface area contributed by atoms with Gasteiger partial charge in [-0.15, -0.1) is 11.3 Å². The summed E-state index contributed by atoms with van der Waals surface area (Å²) in [7, 11) is 1.37. The number of hydrogen-bond acceptors (Lipinski definition) is 5. The number of rotatable bonds is 7. The molecule has 5 nitrogen and oxygen atoms in total. The van der Waals surface area contributed by atoms with Crippen molar-refractivity contribution in [3.8, 4) is 5.75 Å². The van der Waals surface area contributed by atoms with E-state index >= 15 is 0 Å². The maximum atomic E-state index is 12.3. The van der Waals surface area contributed by atoms with E-state index in [0.29, 0.717) is 30.0 Å². The number of amides is 1. The first-order valence-electron chi connectivity index (χ1n) is 8.80. The summed E-state index contributed by atoms with van der Waals surface area (Å²) < 4.78 is 10.6. The minimum Gasteiger partial charge on any atom is -0.494 e. The Morgan fingerprint density at radius 2 is 2.12 bits per heavy atom. The molecular weight excluding hydrogens is 350 g/mol. The molecule has 1 aliphatic carbocycles. The molecule has 6 heteroatoms. The molecule has 0 saturated heterocycles. The average Bonchev–Trinajstić information content (AvgIpc) is 3.19. The van der Waals surface area contributed by atoms with Gasteiger partial charge in [0.2, 0.25) is 5.91 Å². The Bertz CT molecular complexity index is 812. The monoisotopic (exact) mass is 373 g/mol. The number of thiophene rings is 1. The van der Waals surface area contributed by atoms with Crippen LogP contribution in [0.5, 0.6) is 5.75 Å². The van der Waals surface area contributed by atoms with Crippen LogP contribution in [0.3, 0.4) is 0 Å². The number of methoxy groups -OCH3 is 1. The van der Waals surface area contributed by atoms with Crippen LogP contribution in [0.25, 0.3) is 0 Å². The van der Waals surface area contributed by atoms with Crippen LogP contribution >= 0.6 is 11.3 Å². The minimum atomic E-state index is -0.373. The highest BCUT2D eigenvalue weighted by Crippen LogP contribution is 2.39. The van der Waals surface area contributed by atoms with Crippen molar-refractivity contribution in [1.29, 1.82) is 0 Å². The molecule has 1 aromatic carbocycles. The Hall–Kier alpha value is -2.34. The Balaban J connectivity index is 1.53. The topological polar surface area (TPSA) is 64.6 Å². The van der Waals surface area contributed by atoms with Gasteiger partial charge in [0.25, 0.3) is 0 Å². The molecule has 138 valence electrons. The zero-order valence-electron chi connectivity index (χ0n) is 15.1. The van der Waals surface area contributed by atoms with Crippen LogP contribution in [0.1, 0.15) is 45.6 Å². The Labute approximate surface area is 157 Å². The highest BCUT2D eigenvalue weighted by Gasteiger charge is 2.27. The molecule has 0 saturated carbocycles. The molecule has 1 amide bonds. The van der Waals surface area contributed by atoms with Gasteiger partial charge in [0.1, 0.15) is 10.8 Å². The summed E-state index contributed by atoms with van der Waals surface area (Å²) in [5.74, 6) is 0.332. The van der Waals surface area contributed by atoms with Crippen molar-refractivity contribution in [2.24, 2.45) is 0 Å². The molecule has 0 radical (unpaired) electrons. The Morgan fingerprint density at radius 1 is 1.27 bits per heavy atom. The van der Waals surface area contributed by atoms with E-state index in [1.165, 1.54) is 23.3 Å². The smallest absolute Gasteiger partial charge is 0.341 e. The standard InChI is InChI=1S/C20H23NO4S/c1-13-6-3-7-14(12-13)25-11-5-10-17(22)21-19-18(20(23)24-2)15-8-4-9-16(15)26-19/h3,6-7,12H,4-5,8-11H2,1-2H3,(H,21,22). The van der Waals surface area contributed by atoms with Crippen LogP contribution in [-0.4, -0.2) is 25.6 Å². The number of hydrogen-bond donors (Lipinski definition) is 1. The first kappa shape index (κ1) is 18.5. The Morgan fingerprint density at radius 3 is 2.88 bits per heavy atom. The van der Waals surface area contributed by atoms with Crippen LogP contribution in [0.2, 0.25) is 0 Å². The number of nitrogens with one attached hydrogen (secondary N) is 1. The van der Waals surface area contributed by atoms with E-state index in [-0.39, 0.29) is 11.9 Å². The number of carbonyl (C=O) groups is 2. The van der Waals surface area contributed by atoms with E-state index in [1.807, 2.05) is 31.2 Å². The van der Waals surface area contributed by atoms with Gasteiger partial charge in [0.15, 0.2) is 0 Å². The van der Waals surface area contributed by atoms with E-state index in [9.17, 15) is 9.59 Å². The molecule has 0 bridgehead atoms. The van der Waals surface area contributed by atoms with Crippen LogP contribution < -0.4 is 10.1 Å². The van der Waals surface area contributed by atoms with Crippen molar-refractivity contribution in [2.45, 2.75) is 39.0 Å². The number of esters is 1. The summed E-state index contributed by atoms with van der Waals surface area (Å²) in [5.41, 5.74) is 2.72. The van der Waals surface area contributed by atoms with Crippen molar-refractivity contribution < 1.29 is 19.1 Å². The fraction of sp³-hybridized carbons (Fsp3) is 0.400. The molecule has 0 unspecified atom stereocenters. The van der Waals surface area contributed by atoms with Gasteiger partial charge < -0.3 is 14.8 Å². The molecule has 0 fully saturated rings. The maximum Gasteiger partial charge on any atom is 0.341 e. The van der Waals surface area contributed by atoms with Crippen molar-refractivity contribution in [3.05, 3.63) is 45.8 Å². The lowest BCUT2D eigenvalue weighted by atomic mass is 10.1. The van der Waals surface area contributed by atoms with E-state index in [0.717, 1.165) is 36.1 Å². The number of benzene rings is 1. The lowest BCUT2D eigenvalue weighted by Gasteiger charge is -2.08. The number of ether oxygens (including phenoxy) is 2. The normalized spacial score (nSPS) is 12.5. The minimum absolute atomic E-state index is 0.108. The zero-order chi connectivity index (χ0) is 18.5. The van der Waals surface area contributed by atoms with Gasteiger partial charge in [-0.3, -0.25) is 4.79 Å². The van der Waals surface area contributed by atoms with Crippen molar-refractivity contribution >= 4 is 28.2 Å². The second kappa shape index (κ2) is 8.36. The fourth-order valence-corrected chi connectivity index (χ4v) is 4.42. The van der Waals surface area contributed by atoms with Crippen LogP contribution in [0.15, 0.2) is 24.3 Å². The summed E-state index contributed by atoms with van der Waals surface area (Å²) in [4.78, 5) is 25.5. The summed E-state index contributed by atoms with van der Waals surface area (Å²) in [6.45, 7) is 2.49. The number of fused-ring (bicyclic) bond motifs is 1. The Kier molecular flexibility index (Phi) is 5.93. The van der Waals surface area contributed by atoms with E-state index in [2.05, 4.69) is 5.32 Å². The van der Waals surface area contributed by atoms with Gasteiger partial charge in [0.05, 0.1) is 19.3 Å². The van der Waals surface area contributed by atoms with Crippen LogP contribution in [0, 0.1) is 6.92 Å². The number of anilines is 1. The number of carbonyl (C=O) groups excluding carboxylic acids is 2. The summed E-state index contributed by atoms with van der Waals surface area (Å²) >= 11 is 1.49. The number of aryl methyl sites for hydroxylation is 2. The molecule has 1 N–H and O–H groups in total. The molecule has 26 heavy (non-hydrogen) atoms. The van der Waals surface area contributed by atoms with E-state index in [1.54, 1.807) is 0 Å². The molecule has 1 heterocycles. The van der Waals surface area contributed by atoms with Gasteiger partial charge in [-0.2, -0.15) is 0 Å². The molecule has 1 aliphatic rings. The molecule has 0 spiro atoms. The summed E-state index contributed by atoms with van der Waals surface area (Å²) in [6.07, 6.45) is 3.84. The molecule has 0 aliphatic heterocycles. The molecule has 3 rings (SSSR count).